The quantitative estimate of drug-likeness (QED) is 0.565. The Bertz CT molecular complexity index is 975. The van der Waals surface area contributed by atoms with Crippen LogP contribution in [0.15, 0.2) is 55.1 Å². The topological polar surface area (TPSA) is 59.0 Å². The van der Waals surface area contributed by atoms with Crippen molar-refractivity contribution in [2.24, 2.45) is 0 Å². The number of benzene rings is 2. The highest BCUT2D eigenvalue weighted by atomic mass is 35.5. The fourth-order valence-corrected chi connectivity index (χ4v) is 2.60. The molecule has 0 fully saturated rings. The second-order valence-corrected chi connectivity index (χ2v) is 6.22. The van der Waals surface area contributed by atoms with Crippen LogP contribution in [0.3, 0.4) is 0 Å². The zero-order valence-corrected chi connectivity index (χ0v) is 14.9. The molecule has 0 bridgehead atoms. The molecule has 2 aromatic carbocycles. The summed E-state index contributed by atoms with van der Waals surface area (Å²) >= 11 is 11.7. The van der Waals surface area contributed by atoms with Crippen molar-refractivity contribution < 1.29 is 18.0 Å². The third-order valence-corrected chi connectivity index (χ3v) is 4.27. The van der Waals surface area contributed by atoms with Crippen LogP contribution in [0.2, 0.25) is 10.0 Å². The van der Waals surface area contributed by atoms with E-state index in [2.05, 4.69) is 15.6 Å². The van der Waals surface area contributed by atoms with Crippen LogP contribution in [0.4, 0.5) is 29.3 Å². The van der Waals surface area contributed by atoms with Gasteiger partial charge in [-0.25, -0.2) is 9.78 Å². The third-order valence-electron chi connectivity index (χ3n) is 3.53. The molecule has 0 unspecified atom stereocenters. The molecule has 0 atom stereocenters. The smallest absolute Gasteiger partial charge is 0.308 e. The van der Waals surface area contributed by atoms with Gasteiger partial charge in [-0.2, -0.15) is 13.2 Å². The van der Waals surface area contributed by atoms with Crippen LogP contribution in [0.1, 0.15) is 5.56 Å². The van der Waals surface area contributed by atoms with Gasteiger partial charge >= 0.3 is 12.2 Å². The van der Waals surface area contributed by atoms with Crippen molar-refractivity contribution in [2.75, 3.05) is 10.6 Å². The lowest BCUT2D eigenvalue weighted by atomic mass is 10.1. The molecule has 5 nitrogen and oxygen atoms in total. The number of anilines is 2. The first-order chi connectivity index (χ1) is 12.7. The van der Waals surface area contributed by atoms with E-state index in [0.717, 1.165) is 12.1 Å². The van der Waals surface area contributed by atoms with E-state index in [0.29, 0.717) is 16.4 Å². The number of hydrogen-bond donors (Lipinski definition) is 2. The van der Waals surface area contributed by atoms with Gasteiger partial charge in [-0.15, -0.1) is 0 Å². The first-order valence-electron chi connectivity index (χ1n) is 7.46. The molecule has 0 radical (unpaired) electrons. The van der Waals surface area contributed by atoms with E-state index in [1.54, 1.807) is 6.20 Å². The minimum absolute atomic E-state index is 0.0413. The van der Waals surface area contributed by atoms with Crippen molar-refractivity contribution in [1.29, 1.82) is 0 Å². The number of aromatic nitrogens is 2. The molecule has 140 valence electrons. The van der Waals surface area contributed by atoms with Crippen molar-refractivity contribution >= 4 is 40.6 Å². The lowest BCUT2D eigenvalue weighted by Gasteiger charge is -2.15. The third kappa shape index (κ3) is 4.53. The van der Waals surface area contributed by atoms with Crippen molar-refractivity contribution in [3.63, 3.8) is 0 Å². The Morgan fingerprint density at radius 2 is 1.81 bits per heavy atom. The number of imidazole rings is 1. The van der Waals surface area contributed by atoms with Crippen molar-refractivity contribution in [2.45, 2.75) is 6.18 Å². The van der Waals surface area contributed by atoms with Crippen LogP contribution in [0.25, 0.3) is 5.69 Å². The molecular weight excluding hydrogens is 404 g/mol. The molecule has 3 rings (SSSR count). The summed E-state index contributed by atoms with van der Waals surface area (Å²) in [5, 5.41) is 5.45. The Hall–Kier alpha value is -2.71. The van der Waals surface area contributed by atoms with Crippen LogP contribution in [-0.2, 0) is 6.18 Å². The van der Waals surface area contributed by atoms with Crippen molar-refractivity contribution in [3.05, 3.63) is 70.7 Å². The maximum absolute atomic E-state index is 13.0. The van der Waals surface area contributed by atoms with E-state index in [9.17, 15) is 18.0 Å². The first-order valence-corrected chi connectivity index (χ1v) is 8.22. The van der Waals surface area contributed by atoms with Gasteiger partial charge in [-0.3, -0.25) is 0 Å². The summed E-state index contributed by atoms with van der Waals surface area (Å²) in [5.74, 6) is 0. The molecular formula is C17H11Cl2F3N4O. The number of nitrogens with zero attached hydrogens (tertiary/aromatic N) is 2. The molecule has 0 spiro atoms. The van der Waals surface area contributed by atoms with E-state index in [4.69, 9.17) is 23.2 Å². The number of alkyl halides is 3. The number of rotatable bonds is 3. The average Bonchev–Trinajstić information content (AvgIpc) is 3.11. The summed E-state index contributed by atoms with van der Waals surface area (Å²) in [7, 11) is 0. The van der Waals surface area contributed by atoms with Gasteiger partial charge in [0.2, 0.25) is 0 Å². The van der Waals surface area contributed by atoms with E-state index < -0.39 is 17.8 Å². The molecule has 27 heavy (non-hydrogen) atoms. The molecule has 1 heterocycles. The molecule has 10 heteroatoms. The summed E-state index contributed by atoms with van der Waals surface area (Å²) < 4.78 is 40.6. The Morgan fingerprint density at radius 1 is 1.04 bits per heavy atom. The van der Waals surface area contributed by atoms with Gasteiger partial charge in [0.15, 0.2) is 0 Å². The summed E-state index contributed by atoms with van der Waals surface area (Å²) in [6.45, 7) is 0. The van der Waals surface area contributed by atoms with E-state index in [1.165, 1.54) is 41.4 Å². The monoisotopic (exact) mass is 414 g/mol. The molecule has 0 aliphatic heterocycles. The highest BCUT2D eigenvalue weighted by molar-refractivity contribution is 6.42. The number of hydrogen-bond acceptors (Lipinski definition) is 2. The minimum Gasteiger partial charge on any atom is -0.308 e. The highest BCUT2D eigenvalue weighted by Crippen LogP contribution is 2.33. The number of halogens is 5. The standard InChI is InChI=1S/C17H11Cl2F3N4O/c18-12-3-2-11(8-13(12)19)24-16(27)25-14-7-10(17(20,21)22)1-4-15(14)26-6-5-23-9-26/h1-9H,(H2,24,25,27). The number of amides is 2. The van der Waals surface area contributed by atoms with Gasteiger partial charge in [0.25, 0.3) is 0 Å². The number of nitrogens with one attached hydrogen (secondary N) is 2. The van der Waals surface area contributed by atoms with E-state index in [1.807, 2.05) is 0 Å². The first kappa shape index (κ1) is 19.1. The van der Waals surface area contributed by atoms with Gasteiger partial charge in [-0.1, -0.05) is 23.2 Å². The van der Waals surface area contributed by atoms with Crippen LogP contribution >= 0.6 is 23.2 Å². The normalized spacial score (nSPS) is 11.3. The molecule has 0 saturated carbocycles. The van der Waals surface area contributed by atoms with Crippen molar-refractivity contribution in [1.82, 2.24) is 9.55 Å². The summed E-state index contributed by atoms with van der Waals surface area (Å²) in [6, 6.07) is 6.71. The predicted molar refractivity (Wildman–Crippen MR) is 97.7 cm³/mol. The van der Waals surface area contributed by atoms with Gasteiger partial charge in [0.05, 0.1) is 33.3 Å². The zero-order valence-electron chi connectivity index (χ0n) is 13.4. The van der Waals surface area contributed by atoms with Gasteiger partial charge in [0, 0.05) is 18.1 Å². The fourth-order valence-electron chi connectivity index (χ4n) is 2.30. The maximum Gasteiger partial charge on any atom is 0.416 e. The Labute approximate surface area is 161 Å². The largest absolute Gasteiger partial charge is 0.416 e. The Morgan fingerprint density at radius 3 is 2.44 bits per heavy atom. The van der Waals surface area contributed by atoms with Crippen LogP contribution in [0, 0.1) is 0 Å². The summed E-state index contributed by atoms with van der Waals surface area (Å²) in [4.78, 5) is 16.1. The number of urea groups is 1. The molecule has 2 amide bonds. The Balaban J connectivity index is 1.89. The average molecular weight is 415 g/mol. The molecule has 0 aliphatic rings. The van der Waals surface area contributed by atoms with Crippen LogP contribution in [0.5, 0.6) is 0 Å². The Kier molecular flexibility index (Phi) is 5.29. The molecule has 3 aromatic rings. The molecule has 0 aliphatic carbocycles. The van der Waals surface area contributed by atoms with Gasteiger partial charge in [-0.05, 0) is 36.4 Å². The second-order valence-electron chi connectivity index (χ2n) is 5.41. The SMILES string of the molecule is O=C(Nc1ccc(Cl)c(Cl)c1)Nc1cc(C(F)(F)F)ccc1-n1ccnc1. The summed E-state index contributed by atoms with van der Waals surface area (Å²) in [6.07, 6.45) is -0.128. The fraction of sp³-hybridized carbons (Fsp3) is 0.0588. The highest BCUT2D eigenvalue weighted by Gasteiger charge is 2.31. The van der Waals surface area contributed by atoms with E-state index in [-0.39, 0.29) is 10.7 Å². The lowest BCUT2D eigenvalue weighted by Crippen LogP contribution is -2.21. The zero-order chi connectivity index (χ0) is 19.6. The van der Waals surface area contributed by atoms with Gasteiger partial charge in [0.1, 0.15) is 0 Å². The second kappa shape index (κ2) is 7.50. The predicted octanol–water partition coefficient (Wildman–Crippen LogP) is 5.84. The maximum atomic E-state index is 13.0. The molecule has 1 aromatic heterocycles. The molecule has 0 saturated heterocycles. The van der Waals surface area contributed by atoms with Gasteiger partial charge < -0.3 is 15.2 Å². The van der Waals surface area contributed by atoms with Crippen LogP contribution < -0.4 is 10.6 Å². The van der Waals surface area contributed by atoms with E-state index >= 15 is 0 Å². The van der Waals surface area contributed by atoms with Crippen LogP contribution in [-0.4, -0.2) is 15.6 Å². The minimum atomic E-state index is -4.55. The summed E-state index contributed by atoms with van der Waals surface area (Å²) in [5.41, 5.74) is -0.278. The molecule has 2 N–H and O–H groups in total. The number of carbonyl (C=O) groups is 1. The lowest BCUT2D eigenvalue weighted by molar-refractivity contribution is -0.137. The number of carbonyl (C=O) groups excluding carboxylic acids is 1. The van der Waals surface area contributed by atoms with Crippen molar-refractivity contribution in [3.8, 4) is 5.69 Å².